The molecule has 0 unspecified atom stereocenters. The number of rotatable bonds is 6. The number of esters is 1. The van der Waals surface area contributed by atoms with Crippen molar-refractivity contribution in [3.8, 4) is 0 Å². The lowest BCUT2D eigenvalue weighted by atomic mass is 9.95. The van der Waals surface area contributed by atoms with Crippen molar-refractivity contribution in [1.29, 1.82) is 0 Å². The lowest BCUT2D eigenvalue weighted by Crippen LogP contribution is -2.05. The first-order chi connectivity index (χ1) is 12.6. The van der Waals surface area contributed by atoms with E-state index in [4.69, 9.17) is 4.74 Å². The molecule has 0 atom stereocenters. The maximum Gasteiger partial charge on any atom is 0.309 e. The van der Waals surface area contributed by atoms with E-state index < -0.39 is 0 Å². The van der Waals surface area contributed by atoms with Crippen molar-refractivity contribution in [2.45, 2.75) is 17.7 Å². The Hall–Kier alpha value is -2.37. The van der Waals surface area contributed by atoms with Crippen LogP contribution in [0, 0.1) is 5.82 Å². The van der Waals surface area contributed by atoms with Gasteiger partial charge in [-0.25, -0.2) is 4.39 Å². The Kier molecular flexibility index (Phi) is 5.91. The molecule has 0 heterocycles. The average Bonchev–Trinajstić information content (AvgIpc) is 2.64. The number of carbonyl (C=O) groups excluding carboxylic acids is 1. The number of benzene rings is 3. The normalized spacial score (nSPS) is 10.9. The summed E-state index contributed by atoms with van der Waals surface area (Å²) in [4.78, 5) is 12.8. The fourth-order valence-corrected chi connectivity index (χ4v) is 3.48. The van der Waals surface area contributed by atoms with E-state index >= 15 is 0 Å². The molecule has 0 bridgehead atoms. The summed E-state index contributed by atoms with van der Waals surface area (Å²) in [7, 11) is 3.26. The standard InChI is InChI=1S/C21H20FNO2S/c1-23-26-19-7-3-14(4-8-19)9-17-11-15(12-21(24)25-2)10-16-5-6-18(22)13-20(16)17/h3-8,10-11,13,23H,9,12H2,1-2H3. The molecule has 3 aromatic carbocycles. The van der Waals surface area contributed by atoms with Gasteiger partial charge in [0.2, 0.25) is 0 Å². The van der Waals surface area contributed by atoms with Crippen molar-refractivity contribution in [1.82, 2.24) is 4.72 Å². The van der Waals surface area contributed by atoms with Crippen LogP contribution in [-0.4, -0.2) is 20.1 Å². The number of hydrogen-bond acceptors (Lipinski definition) is 4. The molecule has 0 aromatic heterocycles. The molecule has 0 saturated heterocycles. The first-order valence-corrected chi connectivity index (χ1v) is 9.11. The topological polar surface area (TPSA) is 38.3 Å². The molecule has 0 saturated carbocycles. The van der Waals surface area contributed by atoms with E-state index in [0.717, 1.165) is 32.4 Å². The lowest BCUT2D eigenvalue weighted by Gasteiger charge is -2.11. The summed E-state index contributed by atoms with van der Waals surface area (Å²) in [6.07, 6.45) is 0.869. The van der Waals surface area contributed by atoms with Crippen molar-refractivity contribution in [3.63, 3.8) is 0 Å². The zero-order chi connectivity index (χ0) is 18.5. The second-order valence-corrected chi connectivity index (χ2v) is 7.08. The summed E-state index contributed by atoms with van der Waals surface area (Å²) in [5, 5.41) is 1.79. The van der Waals surface area contributed by atoms with Crippen LogP contribution in [0.4, 0.5) is 4.39 Å². The Morgan fingerprint density at radius 3 is 2.54 bits per heavy atom. The van der Waals surface area contributed by atoms with Gasteiger partial charge in [-0.1, -0.05) is 30.3 Å². The summed E-state index contributed by atoms with van der Waals surface area (Å²) in [5.74, 6) is -0.550. The van der Waals surface area contributed by atoms with E-state index in [2.05, 4.69) is 29.0 Å². The molecule has 3 aromatic rings. The Bertz CT molecular complexity index is 925. The van der Waals surface area contributed by atoms with E-state index in [1.807, 2.05) is 19.2 Å². The zero-order valence-electron chi connectivity index (χ0n) is 14.7. The minimum absolute atomic E-state index is 0.203. The van der Waals surface area contributed by atoms with Crippen molar-refractivity contribution < 1.29 is 13.9 Å². The largest absolute Gasteiger partial charge is 0.469 e. The minimum Gasteiger partial charge on any atom is -0.469 e. The Morgan fingerprint density at radius 1 is 1.08 bits per heavy atom. The number of carbonyl (C=O) groups is 1. The summed E-state index contributed by atoms with van der Waals surface area (Å²) < 4.78 is 21.6. The molecule has 26 heavy (non-hydrogen) atoms. The minimum atomic E-state index is -0.286. The van der Waals surface area contributed by atoms with Crippen LogP contribution in [0.5, 0.6) is 0 Å². The monoisotopic (exact) mass is 369 g/mol. The molecule has 0 amide bonds. The Labute approximate surface area is 156 Å². The molecule has 3 rings (SSSR count). The number of fused-ring (bicyclic) bond motifs is 1. The second-order valence-electron chi connectivity index (χ2n) is 6.00. The Balaban J connectivity index is 1.98. The van der Waals surface area contributed by atoms with E-state index in [9.17, 15) is 9.18 Å². The van der Waals surface area contributed by atoms with Crippen LogP contribution in [0.25, 0.3) is 10.8 Å². The third-order valence-corrected chi connectivity index (χ3v) is 4.89. The molecule has 0 aliphatic carbocycles. The summed E-state index contributed by atoms with van der Waals surface area (Å²) >= 11 is 1.56. The van der Waals surface area contributed by atoms with Crippen molar-refractivity contribution in [2.75, 3.05) is 14.2 Å². The number of ether oxygens (including phenoxy) is 1. The highest BCUT2D eigenvalue weighted by Crippen LogP contribution is 2.26. The smallest absolute Gasteiger partial charge is 0.309 e. The second kappa shape index (κ2) is 8.34. The van der Waals surface area contributed by atoms with Crippen LogP contribution in [0.15, 0.2) is 59.5 Å². The van der Waals surface area contributed by atoms with Crippen LogP contribution in [0.3, 0.4) is 0 Å². The molecule has 1 N–H and O–H groups in total. The summed E-state index contributed by atoms with van der Waals surface area (Å²) in [5.41, 5.74) is 2.99. The van der Waals surface area contributed by atoms with Crippen molar-refractivity contribution in [3.05, 3.63) is 77.1 Å². The van der Waals surface area contributed by atoms with Crippen LogP contribution in [0.2, 0.25) is 0 Å². The van der Waals surface area contributed by atoms with Crippen LogP contribution in [-0.2, 0) is 22.4 Å². The van der Waals surface area contributed by atoms with Gasteiger partial charge in [-0.2, -0.15) is 0 Å². The highest BCUT2D eigenvalue weighted by Gasteiger charge is 2.10. The van der Waals surface area contributed by atoms with Crippen LogP contribution >= 0.6 is 11.9 Å². The van der Waals surface area contributed by atoms with Gasteiger partial charge in [0.05, 0.1) is 13.5 Å². The van der Waals surface area contributed by atoms with Crippen molar-refractivity contribution in [2.24, 2.45) is 0 Å². The summed E-state index contributed by atoms with van der Waals surface area (Å²) in [6, 6.07) is 16.9. The molecule has 3 nitrogen and oxygen atoms in total. The van der Waals surface area contributed by atoms with Gasteiger partial charge in [-0.3, -0.25) is 9.52 Å². The molecule has 0 fully saturated rings. The van der Waals surface area contributed by atoms with Crippen molar-refractivity contribution >= 4 is 28.7 Å². The zero-order valence-corrected chi connectivity index (χ0v) is 15.5. The number of nitrogens with one attached hydrogen (secondary N) is 1. The van der Waals surface area contributed by atoms with E-state index in [1.165, 1.54) is 13.2 Å². The quantitative estimate of drug-likeness (QED) is 0.512. The van der Waals surface area contributed by atoms with Gasteiger partial charge < -0.3 is 4.74 Å². The first-order valence-electron chi connectivity index (χ1n) is 8.29. The number of hydrogen-bond donors (Lipinski definition) is 1. The molecule has 0 aliphatic heterocycles. The lowest BCUT2D eigenvalue weighted by molar-refractivity contribution is -0.139. The maximum atomic E-state index is 13.8. The van der Waals surface area contributed by atoms with E-state index in [-0.39, 0.29) is 18.2 Å². The number of methoxy groups -OCH3 is 1. The molecule has 134 valence electrons. The van der Waals surface area contributed by atoms with Gasteiger partial charge in [0.25, 0.3) is 0 Å². The molecule has 0 radical (unpaired) electrons. The van der Waals surface area contributed by atoms with Gasteiger partial charge in [0.15, 0.2) is 0 Å². The molecule has 0 aliphatic rings. The molecular formula is C21H20FNO2S. The molecular weight excluding hydrogens is 349 g/mol. The first kappa shape index (κ1) is 18.4. The fraction of sp³-hybridized carbons (Fsp3) is 0.190. The molecule has 0 spiro atoms. The number of halogens is 1. The van der Waals surface area contributed by atoms with Gasteiger partial charge in [0, 0.05) is 4.90 Å². The Morgan fingerprint density at radius 2 is 1.85 bits per heavy atom. The highest BCUT2D eigenvalue weighted by molar-refractivity contribution is 7.97. The van der Waals surface area contributed by atoms with E-state index in [0.29, 0.717) is 6.42 Å². The third kappa shape index (κ3) is 4.42. The van der Waals surface area contributed by atoms with Gasteiger partial charge in [-0.15, -0.1) is 0 Å². The summed E-state index contributed by atoms with van der Waals surface area (Å²) in [6.45, 7) is 0. The van der Waals surface area contributed by atoms with Crippen LogP contribution < -0.4 is 4.72 Å². The van der Waals surface area contributed by atoms with E-state index in [1.54, 1.807) is 24.1 Å². The average molecular weight is 369 g/mol. The van der Waals surface area contributed by atoms with Gasteiger partial charge >= 0.3 is 5.97 Å². The predicted octanol–water partition coefficient (Wildman–Crippen LogP) is 4.51. The molecule has 5 heteroatoms. The SMILES string of the molecule is CNSc1ccc(Cc2cc(CC(=O)OC)cc3ccc(F)cc23)cc1. The predicted molar refractivity (Wildman–Crippen MR) is 104 cm³/mol. The van der Waals surface area contributed by atoms with Gasteiger partial charge in [-0.05, 0) is 77.1 Å². The fourth-order valence-electron chi connectivity index (χ4n) is 2.98. The third-order valence-electron chi connectivity index (χ3n) is 4.18. The maximum absolute atomic E-state index is 13.8. The van der Waals surface area contributed by atoms with Gasteiger partial charge in [0.1, 0.15) is 5.82 Å². The van der Waals surface area contributed by atoms with Crippen LogP contribution in [0.1, 0.15) is 16.7 Å². The highest BCUT2D eigenvalue weighted by atomic mass is 32.2.